The van der Waals surface area contributed by atoms with Gasteiger partial charge in [-0.3, -0.25) is 0 Å². The normalized spacial score (nSPS) is 11.6. The summed E-state index contributed by atoms with van der Waals surface area (Å²) in [5.41, 5.74) is 6.31. The minimum Gasteiger partial charge on any atom is -0.397 e. The number of anilines is 2. The summed E-state index contributed by atoms with van der Waals surface area (Å²) in [6, 6.07) is 4.50. The molecule has 6 heteroatoms. The molecule has 0 atom stereocenters. The van der Waals surface area contributed by atoms with Crippen LogP contribution >= 0.6 is 11.6 Å². The van der Waals surface area contributed by atoms with E-state index in [0.29, 0.717) is 23.7 Å². The van der Waals surface area contributed by atoms with Crippen LogP contribution in [0.15, 0.2) is 18.2 Å². The maximum Gasteiger partial charge on any atom is 0.405 e. The monoisotopic (exact) mass is 266 g/mol. The Balaban J connectivity index is 2.97. The molecule has 0 saturated heterocycles. The predicted octanol–water partition coefficient (Wildman–Crippen LogP) is 3.70. The number of benzene rings is 1. The summed E-state index contributed by atoms with van der Waals surface area (Å²) in [5, 5.41) is 0.412. The molecule has 96 valence electrons. The van der Waals surface area contributed by atoms with Crippen molar-refractivity contribution in [3.05, 3.63) is 23.2 Å². The van der Waals surface area contributed by atoms with Crippen LogP contribution in [-0.2, 0) is 0 Å². The van der Waals surface area contributed by atoms with E-state index in [4.69, 9.17) is 17.3 Å². The molecule has 0 unspecified atom stereocenters. The van der Waals surface area contributed by atoms with Crippen molar-refractivity contribution in [3.8, 4) is 0 Å². The zero-order valence-electron chi connectivity index (χ0n) is 9.39. The first kappa shape index (κ1) is 14.0. The lowest BCUT2D eigenvalue weighted by Crippen LogP contribution is -2.35. The number of rotatable bonds is 4. The number of halogens is 4. The van der Waals surface area contributed by atoms with Crippen LogP contribution in [0.4, 0.5) is 24.5 Å². The molecule has 2 nitrogen and oxygen atoms in total. The predicted molar refractivity (Wildman–Crippen MR) is 64.4 cm³/mol. The third-order valence-electron chi connectivity index (χ3n) is 2.19. The van der Waals surface area contributed by atoms with E-state index in [1.54, 1.807) is 0 Å². The standard InChI is InChI=1S/C11H14ClF3N2/c1-2-5-17(7-11(13,14)15)10-4-3-8(12)6-9(10)16/h3-4,6H,2,5,7,16H2,1H3. The molecule has 0 aliphatic heterocycles. The van der Waals surface area contributed by atoms with Gasteiger partial charge in [-0.05, 0) is 24.6 Å². The van der Waals surface area contributed by atoms with Gasteiger partial charge in [0.25, 0.3) is 0 Å². The van der Waals surface area contributed by atoms with Crippen LogP contribution in [0.1, 0.15) is 13.3 Å². The Labute approximate surface area is 103 Å². The summed E-state index contributed by atoms with van der Waals surface area (Å²) in [4.78, 5) is 1.21. The fourth-order valence-electron chi connectivity index (χ4n) is 1.58. The van der Waals surface area contributed by atoms with Crippen molar-refractivity contribution in [2.24, 2.45) is 0 Å². The molecule has 0 aliphatic rings. The average molecular weight is 267 g/mol. The van der Waals surface area contributed by atoms with Gasteiger partial charge in [0.05, 0.1) is 11.4 Å². The van der Waals surface area contributed by atoms with Crippen LogP contribution in [0.25, 0.3) is 0 Å². The number of nitrogens with two attached hydrogens (primary N) is 1. The molecule has 0 spiro atoms. The van der Waals surface area contributed by atoms with Gasteiger partial charge in [0.1, 0.15) is 6.54 Å². The topological polar surface area (TPSA) is 29.3 Å². The van der Waals surface area contributed by atoms with E-state index in [1.165, 1.54) is 23.1 Å². The molecule has 2 N–H and O–H groups in total. The number of nitrogens with zero attached hydrogens (tertiary/aromatic N) is 1. The SMILES string of the molecule is CCCN(CC(F)(F)F)c1ccc(Cl)cc1N. The van der Waals surface area contributed by atoms with Crippen molar-refractivity contribution in [1.82, 2.24) is 0 Å². The molecule has 0 fully saturated rings. The second-order valence-corrected chi connectivity index (χ2v) is 4.18. The summed E-state index contributed by atoms with van der Waals surface area (Å²) >= 11 is 5.71. The van der Waals surface area contributed by atoms with Gasteiger partial charge >= 0.3 is 6.18 Å². The van der Waals surface area contributed by atoms with Gasteiger partial charge in [-0.2, -0.15) is 13.2 Å². The van der Waals surface area contributed by atoms with Crippen molar-refractivity contribution in [1.29, 1.82) is 0 Å². The van der Waals surface area contributed by atoms with Crippen LogP contribution in [-0.4, -0.2) is 19.3 Å². The van der Waals surface area contributed by atoms with E-state index < -0.39 is 12.7 Å². The molecular formula is C11H14ClF3N2. The highest BCUT2D eigenvalue weighted by Gasteiger charge is 2.31. The van der Waals surface area contributed by atoms with Gasteiger partial charge in [-0.1, -0.05) is 18.5 Å². The Morgan fingerprint density at radius 3 is 2.47 bits per heavy atom. The van der Waals surface area contributed by atoms with E-state index in [-0.39, 0.29) is 5.69 Å². The molecule has 0 heterocycles. The quantitative estimate of drug-likeness (QED) is 0.842. The van der Waals surface area contributed by atoms with E-state index in [9.17, 15) is 13.2 Å². The molecule has 0 amide bonds. The van der Waals surface area contributed by atoms with Gasteiger partial charge < -0.3 is 10.6 Å². The lowest BCUT2D eigenvalue weighted by Gasteiger charge is -2.26. The van der Waals surface area contributed by atoms with Gasteiger partial charge in [0.15, 0.2) is 0 Å². The largest absolute Gasteiger partial charge is 0.405 e. The number of hydrogen-bond acceptors (Lipinski definition) is 2. The Hall–Kier alpha value is -1.10. The molecule has 17 heavy (non-hydrogen) atoms. The highest BCUT2D eigenvalue weighted by molar-refractivity contribution is 6.31. The molecule has 0 bridgehead atoms. The lowest BCUT2D eigenvalue weighted by atomic mass is 10.2. The zero-order valence-corrected chi connectivity index (χ0v) is 10.1. The summed E-state index contributed by atoms with van der Waals surface area (Å²) in [7, 11) is 0. The molecule has 0 aromatic heterocycles. The van der Waals surface area contributed by atoms with Gasteiger partial charge in [-0.15, -0.1) is 0 Å². The fourth-order valence-corrected chi connectivity index (χ4v) is 1.76. The average Bonchev–Trinajstić information content (AvgIpc) is 2.14. The second kappa shape index (κ2) is 5.49. The minimum absolute atomic E-state index is 0.259. The molecule has 1 aromatic rings. The van der Waals surface area contributed by atoms with Crippen molar-refractivity contribution < 1.29 is 13.2 Å². The highest BCUT2D eigenvalue weighted by atomic mass is 35.5. The van der Waals surface area contributed by atoms with E-state index in [2.05, 4.69) is 0 Å². The van der Waals surface area contributed by atoms with Crippen molar-refractivity contribution in [2.45, 2.75) is 19.5 Å². The van der Waals surface area contributed by atoms with Crippen LogP contribution in [0.5, 0.6) is 0 Å². The van der Waals surface area contributed by atoms with Gasteiger partial charge in [0.2, 0.25) is 0 Å². The number of alkyl halides is 3. The second-order valence-electron chi connectivity index (χ2n) is 3.74. The summed E-state index contributed by atoms with van der Waals surface area (Å²) < 4.78 is 37.3. The van der Waals surface area contributed by atoms with E-state index in [0.717, 1.165) is 0 Å². The fraction of sp³-hybridized carbons (Fsp3) is 0.455. The first-order chi connectivity index (χ1) is 7.83. The van der Waals surface area contributed by atoms with Gasteiger partial charge in [-0.25, -0.2) is 0 Å². The van der Waals surface area contributed by atoms with E-state index >= 15 is 0 Å². The Morgan fingerprint density at radius 2 is 2.00 bits per heavy atom. The molecule has 0 aliphatic carbocycles. The molecule has 1 rings (SSSR count). The maximum atomic E-state index is 12.4. The number of hydrogen-bond donors (Lipinski definition) is 1. The Morgan fingerprint density at radius 1 is 1.35 bits per heavy atom. The number of nitrogen functional groups attached to an aromatic ring is 1. The molecule has 1 aromatic carbocycles. The Bertz CT molecular complexity index is 379. The maximum absolute atomic E-state index is 12.4. The van der Waals surface area contributed by atoms with Crippen LogP contribution in [0, 0.1) is 0 Å². The molecular weight excluding hydrogens is 253 g/mol. The van der Waals surface area contributed by atoms with Gasteiger partial charge in [0, 0.05) is 11.6 Å². The van der Waals surface area contributed by atoms with Crippen molar-refractivity contribution in [3.63, 3.8) is 0 Å². The van der Waals surface area contributed by atoms with Crippen LogP contribution < -0.4 is 10.6 Å². The van der Waals surface area contributed by atoms with Crippen molar-refractivity contribution in [2.75, 3.05) is 23.7 Å². The third kappa shape index (κ3) is 4.34. The highest BCUT2D eigenvalue weighted by Crippen LogP contribution is 2.29. The smallest absolute Gasteiger partial charge is 0.397 e. The molecule has 0 radical (unpaired) electrons. The van der Waals surface area contributed by atoms with Crippen molar-refractivity contribution >= 4 is 23.0 Å². The Kier molecular flexibility index (Phi) is 4.51. The zero-order chi connectivity index (χ0) is 13.1. The van der Waals surface area contributed by atoms with Crippen LogP contribution in [0.3, 0.4) is 0 Å². The first-order valence-electron chi connectivity index (χ1n) is 5.20. The first-order valence-corrected chi connectivity index (χ1v) is 5.58. The third-order valence-corrected chi connectivity index (χ3v) is 2.43. The summed E-state index contributed by atoms with van der Waals surface area (Å²) in [6.45, 7) is 1.10. The molecule has 0 saturated carbocycles. The van der Waals surface area contributed by atoms with Crippen LogP contribution in [0.2, 0.25) is 5.02 Å². The van der Waals surface area contributed by atoms with E-state index in [1.807, 2.05) is 6.92 Å². The summed E-state index contributed by atoms with van der Waals surface area (Å²) in [5.74, 6) is 0. The summed E-state index contributed by atoms with van der Waals surface area (Å²) in [6.07, 6.45) is -3.64. The lowest BCUT2D eigenvalue weighted by molar-refractivity contribution is -0.119. The minimum atomic E-state index is -4.25.